The first kappa shape index (κ1) is 18.0. The molecule has 0 aliphatic heterocycles. The molecular weight excluding hydrogens is 298 g/mol. The second-order valence-electron chi connectivity index (χ2n) is 6.08. The van der Waals surface area contributed by atoms with Crippen LogP contribution in [-0.4, -0.2) is 34.7 Å². The maximum absolute atomic E-state index is 4.73. The number of aromatic nitrogens is 2. The predicted molar refractivity (Wildman–Crippen MR) is 100 cm³/mol. The van der Waals surface area contributed by atoms with Crippen molar-refractivity contribution in [1.29, 1.82) is 0 Å². The molecule has 24 heavy (non-hydrogen) atoms. The van der Waals surface area contributed by atoms with Crippen LogP contribution < -0.4 is 5.32 Å². The molecule has 1 aromatic heterocycles. The molecule has 2 rings (SSSR count). The van der Waals surface area contributed by atoms with Crippen molar-refractivity contribution in [2.45, 2.75) is 39.8 Å². The lowest BCUT2D eigenvalue weighted by Crippen LogP contribution is -2.36. The van der Waals surface area contributed by atoms with Crippen molar-refractivity contribution in [3.05, 3.63) is 52.8 Å². The van der Waals surface area contributed by atoms with Gasteiger partial charge >= 0.3 is 0 Å². The molecule has 5 heteroatoms. The van der Waals surface area contributed by atoms with E-state index in [0.717, 1.165) is 25.3 Å². The molecule has 2 aromatic rings. The highest BCUT2D eigenvalue weighted by molar-refractivity contribution is 5.79. The summed E-state index contributed by atoms with van der Waals surface area (Å²) < 4.78 is 2.01. The van der Waals surface area contributed by atoms with Gasteiger partial charge in [-0.25, -0.2) is 4.99 Å². The van der Waals surface area contributed by atoms with Gasteiger partial charge in [0.2, 0.25) is 0 Å². The zero-order valence-electron chi connectivity index (χ0n) is 15.5. The molecule has 0 aliphatic rings. The van der Waals surface area contributed by atoms with E-state index in [2.05, 4.69) is 36.4 Å². The van der Waals surface area contributed by atoms with Crippen LogP contribution in [0.3, 0.4) is 0 Å². The third-order valence-corrected chi connectivity index (χ3v) is 4.13. The van der Waals surface area contributed by atoms with E-state index >= 15 is 0 Å². The van der Waals surface area contributed by atoms with Crippen LogP contribution in [0.25, 0.3) is 0 Å². The number of hydrogen-bond acceptors (Lipinski definition) is 2. The van der Waals surface area contributed by atoms with Crippen LogP contribution in [0.5, 0.6) is 0 Å². The zero-order chi connectivity index (χ0) is 17.5. The van der Waals surface area contributed by atoms with Gasteiger partial charge in [-0.3, -0.25) is 4.68 Å². The van der Waals surface area contributed by atoms with Crippen molar-refractivity contribution in [2.75, 3.05) is 14.1 Å². The van der Waals surface area contributed by atoms with E-state index in [4.69, 9.17) is 4.99 Å². The van der Waals surface area contributed by atoms with Crippen molar-refractivity contribution >= 4 is 5.96 Å². The minimum absolute atomic E-state index is 0.676. The molecule has 1 aromatic carbocycles. The van der Waals surface area contributed by atoms with Crippen LogP contribution in [0, 0.1) is 0 Å². The zero-order valence-corrected chi connectivity index (χ0v) is 15.5. The molecule has 1 N–H and O–H groups in total. The molecular formula is C19H29N5. The van der Waals surface area contributed by atoms with Gasteiger partial charge in [-0.2, -0.15) is 5.10 Å². The lowest BCUT2D eigenvalue weighted by molar-refractivity contribution is 0.577. The van der Waals surface area contributed by atoms with Crippen molar-refractivity contribution < 1.29 is 0 Å². The van der Waals surface area contributed by atoms with Crippen LogP contribution in [0.4, 0.5) is 0 Å². The highest BCUT2D eigenvalue weighted by Crippen LogP contribution is 2.15. The second kappa shape index (κ2) is 8.52. The minimum Gasteiger partial charge on any atom is -0.352 e. The molecule has 0 saturated carbocycles. The summed E-state index contributed by atoms with van der Waals surface area (Å²) in [6, 6.07) is 10.3. The van der Waals surface area contributed by atoms with Gasteiger partial charge < -0.3 is 10.2 Å². The molecule has 0 fully saturated rings. The van der Waals surface area contributed by atoms with Crippen LogP contribution in [0.2, 0.25) is 0 Å². The number of guanidine groups is 1. The fourth-order valence-corrected chi connectivity index (χ4v) is 2.87. The largest absolute Gasteiger partial charge is 0.352 e. The maximum atomic E-state index is 4.73. The monoisotopic (exact) mass is 327 g/mol. The summed E-state index contributed by atoms with van der Waals surface area (Å²) in [5.41, 5.74) is 4.98. The fraction of sp³-hybridized carbons (Fsp3) is 0.474. The standard InChI is InChI=1S/C19H29N5/c1-6-17-16(18(7-2)24(5)22-17)14-21-19(23(3)4)20-13-15-11-9-8-10-12-15/h8-12H,6-7,13-14H2,1-5H3,(H,20,21). The summed E-state index contributed by atoms with van der Waals surface area (Å²) in [4.78, 5) is 6.75. The second-order valence-corrected chi connectivity index (χ2v) is 6.08. The minimum atomic E-state index is 0.676. The first-order chi connectivity index (χ1) is 11.6. The van der Waals surface area contributed by atoms with Gasteiger partial charge in [0.1, 0.15) is 0 Å². The third kappa shape index (κ3) is 4.37. The fourth-order valence-electron chi connectivity index (χ4n) is 2.87. The Balaban J connectivity index is 2.12. The van der Waals surface area contributed by atoms with E-state index in [1.165, 1.54) is 22.5 Å². The summed E-state index contributed by atoms with van der Waals surface area (Å²) in [6.45, 7) is 5.76. The highest BCUT2D eigenvalue weighted by Gasteiger charge is 2.14. The van der Waals surface area contributed by atoms with Crippen LogP contribution in [0.1, 0.15) is 36.4 Å². The molecule has 0 spiro atoms. The lowest BCUT2D eigenvalue weighted by atomic mass is 10.1. The topological polar surface area (TPSA) is 45.5 Å². The molecule has 0 atom stereocenters. The van der Waals surface area contributed by atoms with E-state index in [1.54, 1.807) is 0 Å². The molecule has 130 valence electrons. The highest BCUT2D eigenvalue weighted by atomic mass is 15.3. The third-order valence-electron chi connectivity index (χ3n) is 4.13. The van der Waals surface area contributed by atoms with Crippen LogP contribution >= 0.6 is 0 Å². The molecule has 0 bridgehead atoms. The molecule has 0 saturated heterocycles. The maximum Gasteiger partial charge on any atom is 0.194 e. The Hall–Kier alpha value is -2.30. The van der Waals surface area contributed by atoms with Crippen molar-refractivity contribution in [3.8, 4) is 0 Å². The predicted octanol–water partition coefficient (Wildman–Crippen LogP) is 2.75. The van der Waals surface area contributed by atoms with E-state index in [0.29, 0.717) is 6.54 Å². The number of nitrogens with zero attached hydrogens (tertiary/aromatic N) is 4. The molecule has 0 aliphatic carbocycles. The van der Waals surface area contributed by atoms with Crippen LogP contribution in [0.15, 0.2) is 35.3 Å². The van der Waals surface area contributed by atoms with Gasteiger partial charge in [-0.05, 0) is 18.4 Å². The Kier molecular flexibility index (Phi) is 6.41. The molecule has 1 heterocycles. The molecule has 0 amide bonds. The Morgan fingerprint density at radius 1 is 1.17 bits per heavy atom. The number of benzene rings is 1. The average Bonchev–Trinajstić information content (AvgIpc) is 2.90. The van der Waals surface area contributed by atoms with Gasteiger partial charge in [0, 0.05) is 38.9 Å². The van der Waals surface area contributed by atoms with Gasteiger partial charge in [-0.1, -0.05) is 44.2 Å². The number of hydrogen-bond donors (Lipinski definition) is 1. The number of aryl methyl sites for hydroxylation is 2. The van der Waals surface area contributed by atoms with Gasteiger partial charge in [-0.15, -0.1) is 0 Å². The van der Waals surface area contributed by atoms with Crippen molar-refractivity contribution in [1.82, 2.24) is 20.0 Å². The lowest BCUT2D eigenvalue weighted by Gasteiger charge is -2.18. The average molecular weight is 327 g/mol. The number of rotatable bonds is 6. The Labute approximate surface area is 145 Å². The molecule has 0 radical (unpaired) electrons. The van der Waals surface area contributed by atoms with Crippen LogP contribution in [-0.2, 0) is 33.0 Å². The summed E-state index contributed by atoms with van der Waals surface area (Å²) in [6.07, 6.45) is 1.93. The number of aliphatic imine (C=N–C) groups is 1. The molecule has 0 unspecified atom stereocenters. The van der Waals surface area contributed by atoms with E-state index in [-0.39, 0.29) is 0 Å². The van der Waals surface area contributed by atoms with Gasteiger partial charge in [0.05, 0.1) is 12.2 Å². The number of nitrogens with one attached hydrogen (secondary N) is 1. The molecule has 5 nitrogen and oxygen atoms in total. The summed E-state index contributed by atoms with van der Waals surface area (Å²) in [7, 11) is 6.06. The van der Waals surface area contributed by atoms with E-state index < -0.39 is 0 Å². The van der Waals surface area contributed by atoms with Gasteiger partial charge in [0.25, 0.3) is 0 Å². The summed E-state index contributed by atoms with van der Waals surface area (Å²) in [5, 5.41) is 8.13. The quantitative estimate of drug-likeness (QED) is 0.655. The first-order valence-electron chi connectivity index (χ1n) is 8.59. The Morgan fingerprint density at radius 3 is 2.46 bits per heavy atom. The first-order valence-corrected chi connectivity index (χ1v) is 8.59. The van der Waals surface area contributed by atoms with E-state index in [9.17, 15) is 0 Å². The van der Waals surface area contributed by atoms with Gasteiger partial charge in [0.15, 0.2) is 5.96 Å². The SMILES string of the molecule is CCc1nn(C)c(CC)c1CNC(=NCc1ccccc1)N(C)C. The van der Waals surface area contributed by atoms with Crippen molar-refractivity contribution in [2.24, 2.45) is 12.0 Å². The summed E-state index contributed by atoms with van der Waals surface area (Å²) >= 11 is 0. The van der Waals surface area contributed by atoms with Crippen molar-refractivity contribution in [3.63, 3.8) is 0 Å². The normalized spacial score (nSPS) is 11.6. The van der Waals surface area contributed by atoms with E-state index in [1.807, 2.05) is 48.9 Å². The Morgan fingerprint density at radius 2 is 1.88 bits per heavy atom. The summed E-state index contributed by atoms with van der Waals surface area (Å²) in [5.74, 6) is 0.895. The Bertz CT molecular complexity index is 671. The smallest absolute Gasteiger partial charge is 0.194 e.